The number of hydrogen-bond donors (Lipinski definition) is 1. The Kier molecular flexibility index (Phi) is 4.45. The quantitative estimate of drug-likeness (QED) is 0.904. The fraction of sp³-hybridized carbons (Fsp3) is 0.438. The second-order valence-corrected chi connectivity index (χ2v) is 6.97. The highest BCUT2D eigenvalue weighted by Gasteiger charge is 2.17. The standard InChI is InChI=1S/C16H22N2OS/c1-11(2)12-5-7-13(8-6-12)19-10-15-18-9-14(20-15)16(3,4)17/h5-9,11H,10,17H2,1-4H3. The minimum atomic E-state index is -0.338. The summed E-state index contributed by atoms with van der Waals surface area (Å²) in [5.74, 6) is 1.41. The summed E-state index contributed by atoms with van der Waals surface area (Å²) in [7, 11) is 0. The molecular weight excluding hydrogens is 268 g/mol. The molecule has 0 fully saturated rings. The van der Waals surface area contributed by atoms with Crippen molar-refractivity contribution in [3.05, 3.63) is 45.9 Å². The highest BCUT2D eigenvalue weighted by atomic mass is 32.1. The van der Waals surface area contributed by atoms with Gasteiger partial charge in [0.25, 0.3) is 0 Å². The van der Waals surface area contributed by atoms with Gasteiger partial charge in [0.1, 0.15) is 17.4 Å². The molecule has 2 rings (SSSR count). The predicted octanol–water partition coefficient (Wildman–Crippen LogP) is 4.04. The molecule has 0 atom stereocenters. The van der Waals surface area contributed by atoms with Gasteiger partial charge in [-0.3, -0.25) is 0 Å². The summed E-state index contributed by atoms with van der Waals surface area (Å²) in [6.45, 7) is 8.82. The van der Waals surface area contributed by atoms with Crippen LogP contribution in [-0.2, 0) is 12.1 Å². The highest BCUT2D eigenvalue weighted by Crippen LogP contribution is 2.25. The Bertz CT molecular complexity index is 553. The van der Waals surface area contributed by atoms with E-state index in [1.807, 2.05) is 32.2 Å². The van der Waals surface area contributed by atoms with Crippen LogP contribution < -0.4 is 10.5 Å². The van der Waals surface area contributed by atoms with Crippen LogP contribution in [0.5, 0.6) is 5.75 Å². The molecule has 3 nitrogen and oxygen atoms in total. The molecule has 0 aliphatic carbocycles. The molecule has 2 N–H and O–H groups in total. The van der Waals surface area contributed by atoms with Gasteiger partial charge >= 0.3 is 0 Å². The Morgan fingerprint density at radius 2 is 1.90 bits per heavy atom. The van der Waals surface area contributed by atoms with Gasteiger partial charge in [-0.25, -0.2) is 4.98 Å². The lowest BCUT2D eigenvalue weighted by molar-refractivity contribution is 0.305. The van der Waals surface area contributed by atoms with Crippen LogP contribution in [0.15, 0.2) is 30.5 Å². The van der Waals surface area contributed by atoms with Crippen LogP contribution in [0.2, 0.25) is 0 Å². The van der Waals surface area contributed by atoms with E-state index in [0.717, 1.165) is 15.6 Å². The molecule has 2 aromatic rings. The molecule has 1 heterocycles. The van der Waals surface area contributed by atoms with Gasteiger partial charge in [0, 0.05) is 16.6 Å². The molecule has 0 saturated heterocycles. The normalized spacial score (nSPS) is 11.9. The Morgan fingerprint density at radius 3 is 2.40 bits per heavy atom. The van der Waals surface area contributed by atoms with Gasteiger partial charge in [-0.15, -0.1) is 11.3 Å². The van der Waals surface area contributed by atoms with E-state index in [-0.39, 0.29) is 5.54 Å². The van der Waals surface area contributed by atoms with Crippen LogP contribution >= 0.6 is 11.3 Å². The second-order valence-electron chi connectivity index (χ2n) is 5.85. The molecular formula is C16H22N2OS. The smallest absolute Gasteiger partial charge is 0.140 e. The zero-order valence-electron chi connectivity index (χ0n) is 12.5. The highest BCUT2D eigenvalue weighted by molar-refractivity contribution is 7.11. The van der Waals surface area contributed by atoms with E-state index in [4.69, 9.17) is 10.5 Å². The number of nitrogens with two attached hydrogens (primary N) is 1. The maximum absolute atomic E-state index is 6.05. The zero-order chi connectivity index (χ0) is 14.8. The Morgan fingerprint density at radius 1 is 1.25 bits per heavy atom. The number of thiazole rings is 1. The summed E-state index contributed by atoms with van der Waals surface area (Å²) in [6.07, 6.45) is 1.84. The summed E-state index contributed by atoms with van der Waals surface area (Å²) >= 11 is 1.61. The first-order valence-electron chi connectivity index (χ1n) is 6.83. The van der Waals surface area contributed by atoms with Gasteiger partial charge in [0.15, 0.2) is 0 Å². The molecule has 0 aliphatic rings. The molecule has 0 aliphatic heterocycles. The fourth-order valence-electron chi connectivity index (χ4n) is 1.77. The van der Waals surface area contributed by atoms with Gasteiger partial charge in [-0.05, 0) is 37.5 Å². The average Bonchev–Trinajstić information content (AvgIpc) is 2.85. The first-order valence-corrected chi connectivity index (χ1v) is 7.64. The molecule has 0 radical (unpaired) electrons. The molecule has 20 heavy (non-hydrogen) atoms. The summed E-state index contributed by atoms with van der Waals surface area (Å²) in [5, 5.41) is 0.950. The molecule has 0 unspecified atom stereocenters. The average molecular weight is 290 g/mol. The van der Waals surface area contributed by atoms with E-state index in [1.165, 1.54) is 5.56 Å². The molecule has 0 bridgehead atoms. The number of aromatic nitrogens is 1. The van der Waals surface area contributed by atoms with E-state index in [1.54, 1.807) is 11.3 Å². The molecule has 108 valence electrons. The lowest BCUT2D eigenvalue weighted by Gasteiger charge is -2.14. The van der Waals surface area contributed by atoms with Crippen molar-refractivity contribution in [1.82, 2.24) is 4.98 Å². The second kappa shape index (κ2) is 5.94. The Balaban J connectivity index is 1.96. The molecule has 1 aromatic heterocycles. The molecule has 0 saturated carbocycles. The van der Waals surface area contributed by atoms with Crippen molar-refractivity contribution in [2.75, 3.05) is 0 Å². The van der Waals surface area contributed by atoms with Crippen LogP contribution in [0.3, 0.4) is 0 Å². The Labute approximate surface area is 124 Å². The molecule has 0 spiro atoms. The van der Waals surface area contributed by atoms with Gasteiger partial charge in [0.2, 0.25) is 0 Å². The molecule has 4 heteroatoms. The van der Waals surface area contributed by atoms with E-state index in [9.17, 15) is 0 Å². The van der Waals surface area contributed by atoms with Crippen LogP contribution in [0.25, 0.3) is 0 Å². The van der Waals surface area contributed by atoms with E-state index >= 15 is 0 Å². The lowest BCUT2D eigenvalue weighted by Crippen LogP contribution is -2.27. The third kappa shape index (κ3) is 3.81. The van der Waals surface area contributed by atoms with E-state index in [0.29, 0.717) is 12.5 Å². The summed E-state index contributed by atoms with van der Waals surface area (Å²) < 4.78 is 5.76. The monoisotopic (exact) mass is 290 g/mol. The third-order valence-electron chi connectivity index (χ3n) is 3.10. The van der Waals surface area contributed by atoms with Crippen molar-refractivity contribution in [3.8, 4) is 5.75 Å². The number of benzene rings is 1. The first kappa shape index (κ1) is 15.0. The van der Waals surface area contributed by atoms with Crippen molar-refractivity contribution in [3.63, 3.8) is 0 Å². The summed E-state index contributed by atoms with van der Waals surface area (Å²) in [6, 6.07) is 8.24. The van der Waals surface area contributed by atoms with Crippen LogP contribution in [0, 0.1) is 0 Å². The van der Waals surface area contributed by atoms with Crippen LogP contribution in [0.1, 0.15) is 49.1 Å². The third-order valence-corrected chi connectivity index (χ3v) is 4.41. The minimum absolute atomic E-state index is 0.338. The largest absolute Gasteiger partial charge is 0.486 e. The summed E-state index contributed by atoms with van der Waals surface area (Å²) in [5.41, 5.74) is 7.03. The van der Waals surface area contributed by atoms with Crippen molar-refractivity contribution in [2.45, 2.75) is 45.8 Å². The predicted molar refractivity (Wildman–Crippen MR) is 84.2 cm³/mol. The summed E-state index contributed by atoms with van der Waals surface area (Å²) in [4.78, 5) is 5.43. The maximum atomic E-state index is 6.05. The number of ether oxygens (including phenoxy) is 1. The number of hydrogen-bond acceptors (Lipinski definition) is 4. The van der Waals surface area contributed by atoms with Crippen LogP contribution in [-0.4, -0.2) is 4.98 Å². The fourth-order valence-corrected chi connectivity index (χ4v) is 2.61. The van der Waals surface area contributed by atoms with Gasteiger partial charge in [0.05, 0.1) is 0 Å². The van der Waals surface area contributed by atoms with Gasteiger partial charge < -0.3 is 10.5 Å². The molecule has 0 amide bonds. The zero-order valence-corrected chi connectivity index (χ0v) is 13.3. The topological polar surface area (TPSA) is 48.1 Å². The van der Waals surface area contributed by atoms with Crippen molar-refractivity contribution < 1.29 is 4.74 Å². The van der Waals surface area contributed by atoms with Crippen molar-refractivity contribution in [1.29, 1.82) is 0 Å². The van der Waals surface area contributed by atoms with Crippen LogP contribution in [0.4, 0.5) is 0 Å². The van der Waals surface area contributed by atoms with E-state index in [2.05, 4.69) is 31.0 Å². The Hall–Kier alpha value is -1.39. The number of rotatable bonds is 5. The van der Waals surface area contributed by atoms with Crippen molar-refractivity contribution >= 4 is 11.3 Å². The maximum Gasteiger partial charge on any atom is 0.140 e. The first-order chi connectivity index (χ1) is 9.36. The molecule has 1 aromatic carbocycles. The lowest BCUT2D eigenvalue weighted by atomic mass is 10.0. The van der Waals surface area contributed by atoms with Gasteiger partial charge in [-0.1, -0.05) is 26.0 Å². The van der Waals surface area contributed by atoms with Gasteiger partial charge in [-0.2, -0.15) is 0 Å². The SMILES string of the molecule is CC(C)c1ccc(OCc2ncc(C(C)(C)N)s2)cc1. The number of nitrogens with zero attached hydrogens (tertiary/aromatic N) is 1. The van der Waals surface area contributed by atoms with Crippen molar-refractivity contribution in [2.24, 2.45) is 5.73 Å². The van der Waals surface area contributed by atoms with E-state index < -0.39 is 0 Å². The minimum Gasteiger partial charge on any atom is -0.486 e.